The van der Waals surface area contributed by atoms with E-state index in [9.17, 15) is 4.79 Å². The number of amides is 1. The quantitative estimate of drug-likeness (QED) is 0.604. The second kappa shape index (κ2) is 6.49. The highest BCUT2D eigenvalue weighted by Crippen LogP contribution is 2.27. The minimum atomic E-state index is -0.474. The second-order valence-electron chi connectivity index (χ2n) is 5.17. The number of hydrogen-bond donors (Lipinski definition) is 3. The molecule has 4 N–H and O–H groups in total. The van der Waals surface area contributed by atoms with E-state index in [1.165, 1.54) is 6.20 Å². The average Bonchev–Trinajstić information content (AvgIpc) is 2.95. The van der Waals surface area contributed by atoms with Crippen LogP contribution in [0.4, 0.5) is 5.69 Å². The maximum Gasteiger partial charge on any atom is 0.252 e. The van der Waals surface area contributed by atoms with Crippen molar-refractivity contribution in [1.82, 2.24) is 14.9 Å². The normalized spacial score (nSPS) is 21.2. The van der Waals surface area contributed by atoms with Gasteiger partial charge in [0.25, 0.3) is 5.91 Å². The van der Waals surface area contributed by atoms with Gasteiger partial charge in [0.2, 0.25) is 0 Å². The number of carbonyl (C=O) groups excluding carboxylic acids is 1. The Morgan fingerprint density at radius 2 is 2.33 bits per heavy atom. The number of nitrogens with zero attached hydrogens (tertiary/aromatic N) is 2. The lowest BCUT2D eigenvalue weighted by atomic mass is 10.1. The standard InChI is InChI=1S/C13H16BrN5O.HI/c1-7-3-16-5-10(7)18-12-9(13(15)20)4-17-19-6-8(14)2-11(12)19;/h2,4,6-7,10,16,18H,3,5H2,1H3,(H2,15,20);1H/t7-,10-;/m1./s1. The van der Waals surface area contributed by atoms with Crippen molar-refractivity contribution in [2.24, 2.45) is 11.7 Å². The maximum atomic E-state index is 11.6. The highest BCUT2D eigenvalue weighted by molar-refractivity contribution is 14.0. The molecule has 3 rings (SSSR count). The fourth-order valence-corrected chi connectivity index (χ4v) is 2.96. The topological polar surface area (TPSA) is 84.5 Å². The lowest BCUT2D eigenvalue weighted by molar-refractivity contribution is 0.100. The van der Waals surface area contributed by atoms with Gasteiger partial charge in [-0.25, -0.2) is 4.52 Å². The van der Waals surface area contributed by atoms with Crippen LogP contribution in [0.2, 0.25) is 0 Å². The number of nitrogens with one attached hydrogen (secondary N) is 2. The number of aromatic nitrogens is 2. The third-order valence-electron chi connectivity index (χ3n) is 3.72. The zero-order valence-corrected chi connectivity index (χ0v) is 15.4. The Balaban J connectivity index is 0.00000161. The highest BCUT2D eigenvalue weighted by atomic mass is 127. The van der Waals surface area contributed by atoms with E-state index in [4.69, 9.17) is 5.73 Å². The molecule has 0 aromatic carbocycles. The first-order valence-electron chi connectivity index (χ1n) is 6.50. The fraction of sp³-hybridized carbons (Fsp3) is 0.385. The van der Waals surface area contributed by atoms with Gasteiger partial charge in [-0.3, -0.25) is 4.79 Å². The third kappa shape index (κ3) is 3.16. The van der Waals surface area contributed by atoms with E-state index < -0.39 is 5.91 Å². The van der Waals surface area contributed by atoms with E-state index in [2.05, 4.69) is 38.6 Å². The van der Waals surface area contributed by atoms with E-state index in [-0.39, 0.29) is 30.0 Å². The predicted molar refractivity (Wildman–Crippen MR) is 96.3 cm³/mol. The van der Waals surface area contributed by atoms with Crippen LogP contribution < -0.4 is 16.4 Å². The van der Waals surface area contributed by atoms with Crippen LogP contribution in [0.1, 0.15) is 17.3 Å². The fourth-order valence-electron chi connectivity index (χ4n) is 2.55. The molecule has 2 atom stereocenters. The molecule has 21 heavy (non-hydrogen) atoms. The van der Waals surface area contributed by atoms with Crippen LogP contribution in [0, 0.1) is 5.92 Å². The van der Waals surface area contributed by atoms with Crippen molar-refractivity contribution in [3.63, 3.8) is 0 Å². The van der Waals surface area contributed by atoms with Gasteiger partial charge in [-0.15, -0.1) is 24.0 Å². The molecule has 2 aromatic rings. The largest absolute Gasteiger partial charge is 0.378 e. The van der Waals surface area contributed by atoms with E-state index in [0.29, 0.717) is 11.5 Å². The molecular formula is C13H17BrIN5O. The van der Waals surface area contributed by atoms with E-state index in [0.717, 1.165) is 28.8 Å². The van der Waals surface area contributed by atoms with Crippen molar-refractivity contribution < 1.29 is 4.79 Å². The van der Waals surface area contributed by atoms with Crippen molar-refractivity contribution in [2.45, 2.75) is 13.0 Å². The van der Waals surface area contributed by atoms with Crippen LogP contribution in [-0.2, 0) is 0 Å². The summed E-state index contributed by atoms with van der Waals surface area (Å²) in [5.74, 6) is 0.0146. The van der Waals surface area contributed by atoms with E-state index in [1.807, 2.05) is 12.3 Å². The number of fused-ring (bicyclic) bond motifs is 1. The summed E-state index contributed by atoms with van der Waals surface area (Å²) in [6.07, 6.45) is 3.36. The Morgan fingerprint density at radius 3 is 2.95 bits per heavy atom. The van der Waals surface area contributed by atoms with Crippen LogP contribution in [0.3, 0.4) is 0 Å². The average molecular weight is 466 g/mol. The molecule has 0 aliphatic carbocycles. The second-order valence-corrected chi connectivity index (χ2v) is 6.09. The molecule has 1 amide bonds. The van der Waals surface area contributed by atoms with Crippen LogP contribution in [-0.4, -0.2) is 34.7 Å². The van der Waals surface area contributed by atoms with Crippen LogP contribution >= 0.6 is 39.9 Å². The summed E-state index contributed by atoms with van der Waals surface area (Å²) in [4.78, 5) is 11.6. The van der Waals surface area contributed by atoms with Gasteiger partial charge < -0.3 is 16.4 Å². The molecule has 0 radical (unpaired) electrons. The molecule has 1 aliphatic rings. The van der Waals surface area contributed by atoms with Crippen molar-refractivity contribution in [3.8, 4) is 0 Å². The molecule has 1 aliphatic heterocycles. The Bertz CT molecular complexity index is 674. The molecule has 1 saturated heterocycles. The van der Waals surface area contributed by atoms with Gasteiger partial charge in [-0.2, -0.15) is 5.10 Å². The molecule has 0 saturated carbocycles. The van der Waals surface area contributed by atoms with Gasteiger partial charge >= 0.3 is 0 Å². The van der Waals surface area contributed by atoms with Gasteiger partial charge in [-0.05, 0) is 34.5 Å². The molecule has 2 aromatic heterocycles. The molecule has 0 unspecified atom stereocenters. The molecule has 0 spiro atoms. The smallest absolute Gasteiger partial charge is 0.252 e. The number of carbonyl (C=O) groups is 1. The molecule has 3 heterocycles. The summed E-state index contributed by atoms with van der Waals surface area (Å²) in [6, 6.07) is 2.20. The first-order valence-corrected chi connectivity index (χ1v) is 7.29. The molecule has 8 heteroatoms. The van der Waals surface area contributed by atoms with Crippen LogP contribution in [0.5, 0.6) is 0 Å². The van der Waals surface area contributed by atoms with Gasteiger partial charge in [0, 0.05) is 23.3 Å². The highest BCUT2D eigenvalue weighted by Gasteiger charge is 2.25. The summed E-state index contributed by atoms with van der Waals surface area (Å²) in [5, 5.41) is 11.0. The van der Waals surface area contributed by atoms with Gasteiger partial charge in [0.15, 0.2) is 0 Å². The number of primary amides is 1. The lowest BCUT2D eigenvalue weighted by Crippen LogP contribution is -2.29. The molecule has 6 nitrogen and oxygen atoms in total. The molecule has 1 fully saturated rings. The Kier molecular flexibility index (Phi) is 5.10. The maximum absolute atomic E-state index is 11.6. The Labute approximate surface area is 148 Å². The lowest BCUT2D eigenvalue weighted by Gasteiger charge is -2.20. The van der Waals surface area contributed by atoms with Crippen LogP contribution in [0.15, 0.2) is 22.9 Å². The predicted octanol–water partition coefficient (Wildman–Crippen LogP) is 1.83. The van der Waals surface area contributed by atoms with E-state index in [1.54, 1.807) is 4.52 Å². The zero-order chi connectivity index (χ0) is 14.3. The summed E-state index contributed by atoms with van der Waals surface area (Å²) in [5.41, 5.74) is 7.47. The number of halogens is 2. The third-order valence-corrected chi connectivity index (χ3v) is 4.15. The number of hydrogen-bond acceptors (Lipinski definition) is 4. The van der Waals surface area contributed by atoms with E-state index >= 15 is 0 Å². The molecule has 0 bridgehead atoms. The van der Waals surface area contributed by atoms with Crippen molar-refractivity contribution in [1.29, 1.82) is 0 Å². The van der Waals surface area contributed by atoms with Crippen molar-refractivity contribution >= 4 is 57.0 Å². The van der Waals surface area contributed by atoms with Crippen molar-refractivity contribution in [3.05, 3.63) is 28.5 Å². The van der Waals surface area contributed by atoms with Gasteiger partial charge in [0.1, 0.15) is 0 Å². The van der Waals surface area contributed by atoms with Crippen LogP contribution in [0.25, 0.3) is 5.52 Å². The Hall–Kier alpha value is -0.870. The number of nitrogens with two attached hydrogens (primary N) is 1. The summed E-state index contributed by atoms with van der Waals surface area (Å²) in [6.45, 7) is 4.01. The first-order chi connectivity index (χ1) is 9.56. The number of anilines is 1. The number of rotatable bonds is 3. The summed E-state index contributed by atoms with van der Waals surface area (Å²) in [7, 11) is 0. The first kappa shape index (κ1) is 16.5. The van der Waals surface area contributed by atoms with Crippen molar-refractivity contribution in [2.75, 3.05) is 18.4 Å². The molecule has 114 valence electrons. The molecular weight excluding hydrogens is 449 g/mol. The van der Waals surface area contributed by atoms with Gasteiger partial charge in [0.05, 0.1) is 23.0 Å². The Morgan fingerprint density at radius 1 is 1.57 bits per heavy atom. The summed E-state index contributed by atoms with van der Waals surface area (Å²) >= 11 is 3.43. The van der Waals surface area contributed by atoms with Gasteiger partial charge in [-0.1, -0.05) is 6.92 Å². The zero-order valence-electron chi connectivity index (χ0n) is 11.5. The SMILES string of the molecule is C[C@@H]1CNC[C@H]1Nc1c(C(N)=O)cnn2cc(Br)cc12.I. The monoisotopic (exact) mass is 465 g/mol. The minimum absolute atomic E-state index is 0. The minimum Gasteiger partial charge on any atom is -0.378 e. The summed E-state index contributed by atoms with van der Waals surface area (Å²) < 4.78 is 2.64.